The molecular formula is C17H19N3. The van der Waals surface area contributed by atoms with Gasteiger partial charge in [-0.2, -0.15) is 5.11 Å². The minimum Gasteiger partial charge on any atom is -0.378 e. The van der Waals surface area contributed by atoms with Gasteiger partial charge in [-0.1, -0.05) is 30.4 Å². The molecule has 0 atom stereocenters. The molecule has 3 nitrogen and oxygen atoms in total. The molecular weight excluding hydrogens is 246 g/mol. The monoisotopic (exact) mass is 265 g/mol. The first kappa shape index (κ1) is 14.0. The fourth-order valence-electron chi connectivity index (χ4n) is 1.80. The van der Waals surface area contributed by atoms with Gasteiger partial charge in [-0.25, -0.2) is 0 Å². The first-order chi connectivity index (χ1) is 9.60. The van der Waals surface area contributed by atoms with Gasteiger partial charge in [0.25, 0.3) is 0 Å². The van der Waals surface area contributed by atoms with Crippen molar-refractivity contribution in [3.8, 4) is 0 Å². The van der Waals surface area contributed by atoms with E-state index in [1.54, 1.807) is 6.08 Å². The van der Waals surface area contributed by atoms with Crippen molar-refractivity contribution >= 4 is 23.1 Å². The fraction of sp³-hybridized carbons (Fsp3) is 0.176. The number of rotatable bonds is 4. The molecule has 0 aromatic heterocycles. The van der Waals surface area contributed by atoms with E-state index in [4.69, 9.17) is 0 Å². The highest BCUT2D eigenvalue weighted by Gasteiger charge is 2.02. The molecule has 0 bridgehead atoms. The normalized spacial score (nSPS) is 10.8. The molecule has 0 aliphatic rings. The van der Waals surface area contributed by atoms with Gasteiger partial charge in [-0.3, -0.25) is 0 Å². The van der Waals surface area contributed by atoms with E-state index in [1.807, 2.05) is 55.4 Å². The van der Waals surface area contributed by atoms with Crippen LogP contribution in [0.2, 0.25) is 0 Å². The molecule has 0 aliphatic heterocycles. The lowest BCUT2D eigenvalue weighted by Gasteiger charge is -2.13. The molecule has 0 amide bonds. The molecule has 2 aromatic carbocycles. The molecule has 0 N–H and O–H groups in total. The van der Waals surface area contributed by atoms with Gasteiger partial charge in [0.05, 0.1) is 11.4 Å². The SMILES string of the molecule is C=Cc1cc(N(C)C)ccc1N=Nc1ccc(C)cc1. The van der Waals surface area contributed by atoms with E-state index in [2.05, 4.69) is 29.8 Å². The maximum atomic E-state index is 4.31. The van der Waals surface area contributed by atoms with Gasteiger partial charge in [0.1, 0.15) is 0 Å². The Kier molecular flexibility index (Phi) is 4.31. The Bertz CT molecular complexity index is 625. The van der Waals surface area contributed by atoms with E-state index in [0.717, 1.165) is 22.6 Å². The summed E-state index contributed by atoms with van der Waals surface area (Å²) in [5, 5.41) is 8.58. The van der Waals surface area contributed by atoms with E-state index in [1.165, 1.54) is 5.56 Å². The highest BCUT2D eigenvalue weighted by atomic mass is 15.1. The lowest BCUT2D eigenvalue weighted by atomic mass is 10.1. The Balaban J connectivity index is 2.28. The quantitative estimate of drug-likeness (QED) is 0.705. The lowest BCUT2D eigenvalue weighted by molar-refractivity contribution is 1.13. The van der Waals surface area contributed by atoms with Crippen LogP contribution in [0.5, 0.6) is 0 Å². The van der Waals surface area contributed by atoms with Crippen molar-refractivity contribution in [2.75, 3.05) is 19.0 Å². The average molecular weight is 265 g/mol. The molecule has 2 aromatic rings. The Morgan fingerprint density at radius 1 is 1.00 bits per heavy atom. The van der Waals surface area contributed by atoms with E-state index in [9.17, 15) is 0 Å². The first-order valence-electron chi connectivity index (χ1n) is 6.52. The van der Waals surface area contributed by atoms with Crippen LogP contribution in [0.15, 0.2) is 59.3 Å². The lowest BCUT2D eigenvalue weighted by Crippen LogP contribution is -2.08. The number of anilines is 1. The zero-order valence-electron chi connectivity index (χ0n) is 12.2. The molecule has 0 saturated carbocycles. The molecule has 2 rings (SSSR count). The van der Waals surface area contributed by atoms with Crippen LogP contribution >= 0.6 is 0 Å². The van der Waals surface area contributed by atoms with Crippen molar-refractivity contribution in [1.82, 2.24) is 0 Å². The summed E-state index contributed by atoms with van der Waals surface area (Å²) in [6.07, 6.45) is 1.80. The van der Waals surface area contributed by atoms with Crippen molar-refractivity contribution in [2.45, 2.75) is 6.92 Å². The van der Waals surface area contributed by atoms with Gasteiger partial charge in [0.15, 0.2) is 0 Å². The Morgan fingerprint density at radius 3 is 2.30 bits per heavy atom. The van der Waals surface area contributed by atoms with Crippen LogP contribution in [-0.2, 0) is 0 Å². The third kappa shape index (κ3) is 3.32. The summed E-state index contributed by atoms with van der Waals surface area (Å²) < 4.78 is 0. The Labute approximate surface area is 120 Å². The largest absolute Gasteiger partial charge is 0.378 e. The molecule has 0 radical (unpaired) electrons. The highest BCUT2D eigenvalue weighted by molar-refractivity contribution is 5.68. The third-order valence-electron chi connectivity index (χ3n) is 3.05. The maximum Gasteiger partial charge on any atom is 0.0930 e. The van der Waals surface area contributed by atoms with Crippen LogP contribution in [0.25, 0.3) is 6.08 Å². The topological polar surface area (TPSA) is 28.0 Å². The van der Waals surface area contributed by atoms with E-state index >= 15 is 0 Å². The van der Waals surface area contributed by atoms with Crippen LogP contribution < -0.4 is 4.90 Å². The van der Waals surface area contributed by atoms with Gasteiger partial charge in [-0.05, 0) is 37.3 Å². The number of aryl methyl sites for hydroxylation is 1. The standard InChI is InChI=1S/C17H19N3/c1-5-14-12-16(20(3)4)10-11-17(14)19-18-15-8-6-13(2)7-9-15/h5-12H,1H2,2-4H3. The molecule has 0 spiro atoms. The fourth-order valence-corrected chi connectivity index (χ4v) is 1.80. The van der Waals surface area contributed by atoms with E-state index in [-0.39, 0.29) is 0 Å². The molecule has 0 aliphatic carbocycles. The predicted molar refractivity (Wildman–Crippen MR) is 86.2 cm³/mol. The molecule has 102 valence electrons. The Hall–Kier alpha value is -2.42. The molecule has 0 heterocycles. The molecule has 0 unspecified atom stereocenters. The van der Waals surface area contributed by atoms with Crippen molar-refractivity contribution < 1.29 is 0 Å². The number of benzene rings is 2. The smallest absolute Gasteiger partial charge is 0.0930 e. The summed E-state index contributed by atoms with van der Waals surface area (Å²) >= 11 is 0. The van der Waals surface area contributed by atoms with Crippen LogP contribution in [0.3, 0.4) is 0 Å². The van der Waals surface area contributed by atoms with Crippen molar-refractivity contribution in [1.29, 1.82) is 0 Å². The van der Waals surface area contributed by atoms with Crippen molar-refractivity contribution in [2.24, 2.45) is 10.2 Å². The van der Waals surface area contributed by atoms with Gasteiger partial charge < -0.3 is 4.90 Å². The summed E-state index contributed by atoms with van der Waals surface area (Å²) in [5.41, 5.74) is 4.99. The average Bonchev–Trinajstić information content (AvgIpc) is 2.46. The van der Waals surface area contributed by atoms with Crippen LogP contribution in [0, 0.1) is 6.92 Å². The van der Waals surface area contributed by atoms with Crippen molar-refractivity contribution in [3.05, 3.63) is 60.2 Å². The van der Waals surface area contributed by atoms with Gasteiger partial charge in [-0.15, -0.1) is 5.11 Å². The van der Waals surface area contributed by atoms with Gasteiger partial charge in [0.2, 0.25) is 0 Å². The number of hydrogen-bond donors (Lipinski definition) is 0. The molecule has 20 heavy (non-hydrogen) atoms. The minimum atomic E-state index is 0.825. The van der Waals surface area contributed by atoms with Crippen molar-refractivity contribution in [3.63, 3.8) is 0 Å². The van der Waals surface area contributed by atoms with Gasteiger partial charge >= 0.3 is 0 Å². The predicted octanol–water partition coefficient (Wildman–Crippen LogP) is 5.12. The van der Waals surface area contributed by atoms with E-state index < -0.39 is 0 Å². The number of nitrogens with zero attached hydrogens (tertiary/aromatic N) is 3. The van der Waals surface area contributed by atoms with Crippen LogP contribution in [-0.4, -0.2) is 14.1 Å². The molecule has 3 heteroatoms. The second-order valence-corrected chi connectivity index (χ2v) is 4.88. The van der Waals surface area contributed by atoms with Crippen LogP contribution in [0.4, 0.5) is 17.1 Å². The maximum absolute atomic E-state index is 4.31. The summed E-state index contributed by atoms with van der Waals surface area (Å²) in [4.78, 5) is 2.05. The summed E-state index contributed by atoms with van der Waals surface area (Å²) in [6, 6.07) is 14.0. The zero-order valence-corrected chi connectivity index (χ0v) is 12.2. The molecule has 0 saturated heterocycles. The zero-order chi connectivity index (χ0) is 14.5. The second-order valence-electron chi connectivity index (χ2n) is 4.88. The van der Waals surface area contributed by atoms with Gasteiger partial charge in [0, 0.05) is 25.3 Å². The second kappa shape index (κ2) is 6.15. The van der Waals surface area contributed by atoms with Crippen LogP contribution in [0.1, 0.15) is 11.1 Å². The summed E-state index contributed by atoms with van der Waals surface area (Å²) in [7, 11) is 4.02. The number of azo groups is 1. The minimum absolute atomic E-state index is 0.825. The first-order valence-corrected chi connectivity index (χ1v) is 6.52. The summed E-state index contributed by atoms with van der Waals surface area (Å²) in [6.45, 7) is 5.89. The summed E-state index contributed by atoms with van der Waals surface area (Å²) in [5.74, 6) is 0. The number of hydrogen-bond acceptors (Lipinski definition) is 3. The Morgan fingerprint density at radius 2 is 1.70 bits per heavy atom. The molecule has 0 fully saturated rings. The highest BCUT2D eigenvalue weighted by Crippen LogP contribution is 2.27. The third-order valence-corrected chi connectivity index (χ3v) is 3.05. The van der Waals surface area contributed by atoms with E-state index in [0.29, 0.717) is 0 Å².